The minimum absolute atomic E-state index is 0.0274. The molecule has 5 rings (SSSR count). The van der Waals surface area contributed by atoms with E-state index < -0.39 is 10.0 Å². The normalized spacial score (nSPS) is 16.7. The molecule has 3 aromatic rings. The average molecular weight is 602 g/mol. The number of benzene rings is 2. The van der Waals surface area contributed by atoms with Crippen molar-refractivity contribution in [3.8, 4) is 0 Å². The Morgan fingerprint density at radius 1 is 1.12 bits per heavy atom. The molecule has 1 saturated heterocycles. The second kappa shape index (κ2) is 11.8. The van der Waals surface area contributed by atoms with Gasteiger partial charge in [0.25, 0.3) is 10.0 Å². The number of hydrogen-bond acceptors (Lipinski definition) is 7. The van der Waals surface area contributed by atoms with Crippen LogP contribution in [0.1, 0.15) is 32.3 Å². The maximum atomic E-state index is 13.9. The number of amides is 2. The van der Waals surface area contributed by atoms with E-state index in [0.717, 1.165) is 30.6 Å². The number of piperazine rings is 1. The highest BCUT2D eigenvalue weighted by Crippen LogP contribution is 2.33. The largest absolute Gasteiger partial charge is 0.359 e. The SMILES string of the molecule is CC(C)C[C@@H](C(=O)N1CCN(c2ccc(S(=O)(=O)Nc3nccs3)cc2)C(=O)C1)N1CCCc2cc(Cl)ccc21. The van der Waals surface area contributed by atoms with Gasteiger partial charge in [0.2, 0.25) is 11.8 Å². The second-order valence-electron chi connectivity index (χ2n) is 10.5. The quantitative estimate of drug-likeness (QED) is 0.404. The van der Waals surface area contributed by atoms with Gasteiger partial charge < -0.3 is 14.7 Å². The molecule has 0 spiro atoms. The molecule has 1 aromatic heterocycles. The maximum absolute atomic E-state index is 13.9. The number of carbonyl (C=O) groups excluding carboxylic acids is 2. The van der Waals surface area contributed by atoms with E-state index in [4.69, 9.17) is 11.6 Å². The van der Waals surface area contributed by atoms with Gasteiger partial charge in [0, 0.05) is 47.6 Å². The molecular weight excluding hydrogens is 570 g/mol. The zero-order valence-electron chi connectivity index (χ0n) is 22.4. The van der Waals surface area contributed by atoms with E-state index in [1.807, 2.05) is 18.2 Å². The van der Waals surface area contributed by atoms with E-state index in [-0.39, 0.29) is 34.4 Å². The van der Waals surface area contributed by atoms with Crippen molar-refractivity contribution in [3.05, 3.63) is 64.6 Å². The summed E-state index contributed by atoms with van der Waals surface area (Å²) in [6, 6.07) is 11.6. The van der Waals surface area contributed by atoms with Crippen LogP contribution in [0.2, 0.25) is 5.02 Å². The fourth-order valence-corrected chi connectivity index (χ4v) is 7.31. The van der Waals surface area contributed by atoms with Gasteiger partial charge in [0.1, 0.15) is 12.6 Å². The number of nitrogens with zero attached hydrogens (tertiary/aromatic N) is 4. The number of aromatic nitrogens is 1. The molecule has 40 heavy (non-hydrogen) atoms. The van der Waals surface area contributed by atoms with Crippen molar-refractivity contribution in [2.75, 3.05) is 40.7 Å². The summed E-state index contributed by atoms with van der Waals surface area (Å²) < 4.78 is 27.8. The molecule has 0 aliphatic carbocycles. The molecule has 1 atom stereocenters. The summed E-state index contributed by atoms with van der Waals surface area (Å²) >= 11 is 7.43. The summed E-state index contributed by atoms with van der Waals surface area (Å²) in [6.07, 6.45) is 4.06. The third-order valence-corrected chi connectivity index (χ3v) is 9.60. The number of nitrogens with one attached hydrogen (secondary N) is 1. The predicted molar refractivity (Wildman–Crippen MR) is 159 cm³/mol. The van der Waals surface area contributed by atoms with Gasteiger partial charge in [-0.25, -0.2) is 13.4 Å². The van der Waals surface area contributed by atoms with Crippen molar-refractivity contribution in [3.63, 3.8) is 0 Å². The molecule has 0 saturated carbocycles. The number of rotatable bonds is 8. The molecule has 0 bridgehead atoms. The van der Waals surface area contributed by atoms with Crippen molar-refractivity contribution in [1.82, 2.24) is 9.88 Å². The fraction of sp³-hybridized carbons (Fsp3) is 0.393. The van der Waals surface area contributed by atoms with Crippen molar-refractivity contribution in [2.45, 2.75) is 44.0 Å². The summed E-state index contributed by atoms with van der Waals surface area (Å²) in [5, 5.41) is 2.66. The number of halogens is 1. The minimum atomic E-state index is -3.79. The Kier molecular flexibility index (Phi) is 8.34. The van der Waals surface area contributed by atoms with Crippen LogP contribution in [0.15, 0.2) is 58.9 Å². The van der Waals surface area contributed by atoms with Gasteiger partial charge in [0.15, 0.2) is 5.13 Å². The van der Waals surface area contributed by atoms with E-state index in [0.29, 0.717) is 36.1 Å². The zero-order chi connectivity index (χ0) is 28.4. The van der Waals surface area contributed by atoms with E-state index in [1.165, 1.54) is 29.7 Å². The molecular formula is C28H32ClN5O4S2. The second-order valence-corrected chi connectivity index (χ2v) is 13.5. The molecule has 212 valence electrons. The summed E-state index contributed by atoms with van der Waals surface area (Å²) in [6.45, 7) is 5.68. The van der Waals surface area contributed by atoms with Gasteiger partial charge in [-0.1, -0.05) is 25.4 Å². The Morgan fingerprint density at radius 3 is 2.58 bits per heavy atom. The van der Waals surface area contributed by atoms with Crippen LogP contribution in [-0.2, 0) is 26.0 Å². The van der Waals surface area contributed by atoms with Crippen molar-refractivity contribution in [1.29, 1.82) is 0 Å². The van der Waals surface area contributed by atoms with Crippen LogP contribution >= 0.6 is 22.9 Å². The number of hydrogen-bond donors (Lipinski definition) is 1. The summed E-state index contributed by atoms with van der Waals surface area (Å²) in [5.74, 6) is 0.0490. The molecule has 3 heterocycles. The monoisotopic (exact) mass is 601 g/mol. The molecule has 1 fully saturated rings. The molecule has 9 nitrogen and oxygen atoms in total. The average Bonchev–Trinajstić information content (AvgIpc) is 3.43. The first-order valence-corrected chi connectivity index (χ1v) is 16.0. The molecule has 12 heteroatoms. The Morgan fingerprint density at radius 2 is 1.90 bits per heavy atom. The Bertz CT molecular complexity index is 1480. The lowest BCUT2D eigenvalue weighted by molar-refractivity contribution is -0.138. The first-order chi connectivity index (χ1) is 19.1. The maximum Gasteiger partial charge on any atom is 0.263 e. The number of thiazole rings is 1. The van der Waals surface area contributed by atoms with Crippen LogP contribution in [0.25, 0.3) is 0 Å². The molecule has 2 aliphatic heterocycles. The molecule has 2 aliphatic rings. The lowest BCUT2D eigenvalue weighted by Gasteiger charge is -2.42. The zero-order valence-corrected chi connectivity index (χ0v) is 24.8. The van der Waals surface area contributed by atoms with Crippen LogP contribution in [0, 0.1) is 5.92 Å². The van der Waals surface area contributed by atoms with Gasteiger partial charge in [-0.05, 0) is 73.2 Å². The third kappa shape index (κ3) is 6.11. The molecule has 0 radical (unpaired) electrons. The van der Waals surface area contributed by atoms with Gasteiger partial charge in [-0.15, -0.1) is 11.3 Å². The van der Waals surface area contributed by atoms with Crippen molar-refractivity contribution < 1.29 is 18.0 Å². The first-order valence-electron chi connectivity index (χ1n) is 13.3. The van der Waals surface area contributed by atoms with E-state index in [2.05, 4.69) is 28.5 Å². The Balaban J connectivity index is 1.28. The number of sulfonamides is 1. The standard InChI is InChI=1S/C28H32ClN5O4S2/c1-19(2)16-25(34-12-3-4-20-17-21(29)5-10-24(20)34)27(36)32-13-14-33(26(35)18-32)22-6-8-23(9-7-22)40(37,38)31-28-30-11-15-39-28/h5-11,15,17,19,25H,3-4,12-14,16,18H2,1-2H3,(H,30,31)/t25-/m0/s1. The fourth-order valence-electron chi connectivity index (χ4n) is 5.32. The third-order valence-electron chi connectivity index (χ3n) is 7.20. The summed E-state index contributed by atoms with van der Waals surface area (Å²) in [7, 11) is -3.79. The van der Waals surface area contributed by atoms with Gasteiger partial charge in [-0.3, -0.25) is 14.3 Å². The van der Waals surface area contributed by atoms with E-state index >= 15 is 0 Å². The minimum Gasteiger partial charge on any atom is -0.359 e. The lowest BCUT2D eigenvalue weighted by atomic mass is 9.95. The molecule has 0 unspecified atom stereocenters. The van der Waals surface area contributed by atoms with Crippen molar-refractivity contribution in [2.24, 2.45) is 5.92 Å². The van der Waals surface area contributed by atoms with Gasteiger partial charge in [-0.2, -0.15) is 0 Å². The van der Waals surface area contributed by atoms with Crippen LogP contribution in [0.5, 0.6) is 0 Å². The van der Waals surface area contributed by atoms with E-state index in [1.54, 1.807) is 27.3 Å². The number of aryl methyl sites for hydroxylation is 1. The van der Waals surface area contributed by atoms with Gasteiger partial charge >= 0.3 is 0 Å². The predicted octanol–water partition coefficient (Wildman–Crippen LogP) is 4.64. The first kappa shape index (κ1) is 28.4. The van der Waals surface area contributed by atoms with Crippen LogP contribution in [0.3, 0.4) is 0 Å². The highest BCUT2D eigenvalue weighted by Gasteiger charge is 2.36. The topological polar surface area (TPSA) is 103 Å². The molecule has 2 amide bonds. The number of carbonyl (C=O) groups is 2. The van der Waals surface area contributed by atoms with Crippen LogP contribution in [-0.4, -0.2) is 62.3 Å². The van der Waals surface area contributed by atoms with Crippen LogP contribution < -0.4 is 14.5 Å². The number of fused-ring (bicyclic) bond motifs is 1. The van der Waals surface area contributed by atoms with Crippen LogP contribution in [0.4, 0.5) is 16.5 Å². The Labute approximate surface area is 243 Å². The molecule has 2 aromatic carbocycles. The highest BCUT2D eigenvalue weighted by molar-refractivity contribution is 7.93. The molecule has 1 N–H and O–H groups in total. The van der Waals surface area contributed by atoms with Crippen molar-refractivity contribution >= 4 is 61.3 Å². The summed E-state index contributed by atoms with van der Waals surface area (Å²) in [4.78, 5) is 36.6. The Hall–Kier alpha value is -3.15. The van der Waals surface area contributed by atoms with Gasteiger partial charge in [0.05, 0.1) is 4.90 Å². The number of anilines is 3. The highest BCUT2D eigenvalue weighted by atomic mass is 35.5. The lowest BCUT2D eigenvalue weighted by Crippen LogP contribution is -2.58. The van der Waals surface area contributed by atoms with E-state index in [9.17, 15) is 18.0 Å². The summed E-state index contributed by atoms with van der Waals surface area (Å²) in [5.41, 5.74) is 2.78. The smallest absolute Gasteiger partial charge is 0.263 e.